The molecule has 0 radical (unpaired) electrons. The number of benzene rings is 2. The van der Waals surface area contributed by atoms with Crippen molar-refractivity contribution in [1.82, 2.24) is 9.97 Å². The van der Waals surface area contributed by atoms with Crippen molar-refractivity contribution in [2.24, 2.45) is 0 Å². The highest BCUT2D eigenvalue weighted by molar-refractivity contribution is 7.92. The SMILES string of the molecule is COc1ccc(OC)c(NS(=O)(=O)c2cc3[nH]c(=O)c(=O)[nH]c3cc2C)c1. The van der Waals surface area contributed by atoms with Gasteiger partial charge in [0.15, 0.2) is 0 Å². The summed E-state index contributed by atoms with van der Waals surface area (Å²) in [7, 11) is -1.13. The summed E-state index contributed by atoms with van der Waals surface area (Å²) in [6.45, 7) is 1.58. The Balaban J connectivity index is 2.13. The molecule has 3 N–H and O–H groups in total. The van der Waals surface area contributed by atoms with E-state index in [0.29, 0.717) is 22.6 Å². The average molecular weight is 391 g/mol. The topological polar surface area (TPSA) is 130 Å². The second-order valence-electron chi connectivity index (χ2n) is 5.74. The first-order valence-corrected chi connectivity index (χ1v) is 9.25. The van der Waals surface area contributed by atoms with Crippen molar-refractivity contribution < 1.29 is 17.9 Å². The van der Waals surface area contributed by atoms with Gasteiger partial charge in [-0.2, -0.15) is 0 Å². The molecule has 2 aromatic carbocycles. The summed E-state index contributed by atoms with van der Waals surface area (Å²) in [6.07, 6.45) is 0. The summed E-state index contributed by atoms with van der Waals surface area (Å²) in [5.41, 5.74) is -0.557. The third-order valence-electron chi connectivity index (χ3n) is 3.96. The number of rotatable bonds is 5. The van der Waals surface area contributed by atoms with Crippen LogP contribution in [0.3, 0.4) is 0 Å². The van der Waals surface area contributed by atoms with Crippen molar-refractivity contribution in [3.05, 3.63) is 56.6 Å². The van der Waals surface area contributed by atoms with Crippen molar-refractivity contribution in [2.45, 2.75) is 11.8 Å². The maximum Gasteiger partial charge on any atom is 0.314 e. The minimum atomic E-state index is -4.02. The molecule has 0 bridgehead atoms. The minimum absolute atomic E-state index is 0.0532. The fraction of sp³-hybridized carbons (Fsp3) is 0.176. The first kappa shape index (κ1) is 18.5. The third-order valence-corrected chi connectivity index (χ3v) is 5.47. The van der Waals surface area contributed by atoms with E-state index in [1.165, 1.54) is 32.4 Å². The monoisotopic (exact) mass is 391 g/mol. The predicted molar refractivity (Wildman–Crippen MR) is 100 cm³/mol. The van der Waals surface area contributed by atoms with Crippen molar-refractivity contribution >= 4 is 26.7 Å². The lowest BCUT2D eigenvalue weighted by Gasteiger charge is -2.14. The highest BCUT2D eigenvalue weighted by atomic mass is 32.2. The normalized spacial score (nSPS) is 11.4. The van der Waals surface area contributed by atoms with Crippen LogP contribution in [0.5, 0.6) is 11.5 Å². The molecule has 0 spiro atoms. The number of aromatic nitrogens is 2. The molecular formula is C17H17N3O6S. The number of methoxy groups -OCH3 is 2. The van der Waals surface area contributed by atoms with Crippen LogP contribution in [0.2, 0.25) is 0 Å². The Morgan fingerprint density at radius 2 is 1.56 bits per heavy atom. The van der Waals surface area contributed by atoms with E-state index in [0.717, 1.165) is 0 Å². The quantitative estimate of drug-likeness (QED) is 0.563. The predicted octanol–water partition coefficient (Wildman–Crippen LogP) is 1.34. The van der Waals surface area contributed by atoms with Gasteiger partial charge in [-0.1, -0.05) is 0 Å². The fourth-order valence-electron chi connectivity index (χ4n) is 2.64. The first-order chi connectivity index (χ1) is 12.7. The van der Waals surface area contributed by atoms with Crippen LogP contribution in [-0.4, -0.2) is 32.6 Å². The van der Waals surface area contributed by atoms with Crippen LogP contribution < -0.4 is 25.3 Å². The molecule has 0 unspecified atom stereocenters. The molecule has 0 saturated heterocycles. The Kier molecular flexibility index (Phi) is 4.66. The maximum atomic E-state index is 12.9. The number of H-pyrrole nitrogens is 2. The summed E-state index contributed by atoms with van der Waals surface area (Å²) >= 11 is 0. The second kappa shape index (κ2) is 6.80. The van der Waals surface area contributed by atoms with E-state index in [2.05, 4.69) is 14.7 Å². The molecule has 3 aromatic rings. The molecule has 3 rings (SSSR count). The molecule has 0 aliphatic heterocycles. The van der Waals surface area contributed by atoms with Gasteiger partial charge in [-0.05, 0) is 36.8 Å². The summed E-state index contributed by atoms with van der Waals surface area (Å²) in [4.78, 5) is 27.7. The van der Waals surface area contributed by atoms with Gasteiger partial charge in [0.2, 0.25) is 0 Å². The zero-order valence-electron chi connectivity index (χ0n) is 14.7. The summed E-state index contributed by atoms with van der Waals surface area (Å²) in [5.74, 6) is 0.765. The highest BCUT2D eigenvalue weighted by Crippen LogP contribution is 2.31. The number of nitrogens with one attached hydrogen (secondary N) is 3. The molecule has 27 heavy (non-hydrogen) atoms. The number of aromatic amines is 2. The van der Waals surface area contributed by atoms with Crippen LogP contribution in [0.1, 0.15) is 5.56 Å². The molecule has 10 heteroatoms. The lowest BCUT2D eigenvalue weighted by atomic mass is 10.2. The van der Waals surface area contributed by atoms with Crippen molar-refractivity contribution in [2.75, 3.05) is 18.9 Å². The molecule has 0 aliphatic rings. The van der Waals surface area contributed by atoms with Crippen LogP contribution in [0.4, 0.5) is 5.69 Å². The van der Waals surface area contributed by atoms with E-state index in [9.17, 15) is 18.0 Å². The van der Waals surface area contributed by atoms with Gasteiger partial charge in [-0.3, -0.25) is 14.3 Å². The minimum Gasteiger partial charge on any atom is -0.497 e. The second-order valence-corrected chi connectivity index (χ2v) is 7.39. The van der Waals surface area contributed by atoms with Gasteiger partial charge < -0.3 is 19.4 Å². The maximum absolute atomic E-state index is 12.9. The molecule has 0 atom stereocenters. The number of hydrogen-bond donors (Lipinski definition) is 3. The van der Waals surface area contributed by atoms with Crippen molar-refractivity contribution in [1.29, 1.82) is 0 Å². The van der Waals surface area contributed by atoms with Gasteiger partial charge in [-0.25, -0.2) is 8.42 Å². The third kappa shape index (κ3) is 3.51. The lowest BCUT2D eigenvalue weighted by molar-refractivity contribution is 0.405. The van der Waals surface area contributed by atoms with Gasteiger partial charge in [0.05, 0.1) is 35.8 Å². The summed E-state index contributed by atoms with van der Waals surface area (Å²) < 4.78 is 38.6. The highest BCUT2D eigenvalue weighted by Gasteiger charge is 2.20. The van der Waals surface area contributed by atoms with E-state index in [4.69, 9.17) is 9.47 Å². The van der Waals surface area contributed by atoms with Crippen LogP contribution in [0.25, 0.3) is 11.0 Å². The van der Waals surface area contributed by atoms with Crippen LogP contribution in [-0.2, 0) is 10.0 Å². The Morgan fingerprint density at radius 1 is 0.926 bits per heavy atom. The molecular weight excluding hydrogens is 374 g/mol. The first-order valence-electron chi connectivity index (χ1n) is 7.77. The molecule has 0 aliphatic carbocycles. The molecule has 0 amide bonds. The number of fused-ring (bicyclic) bond motifs is 1. The molecule has 0 saturated carbocycles. The van der Waals surface area contributed by atoms with Crippen LogP contribution in [0, 0.1) is 6.92 Å². The number of hydrogen-bond acceptors (Lipinski definition) is 6. The summed E-state index contributed by atoms with van der Waals surface area (Å²) in [6, 6.07) is 7.47. The van der Waals surface area contributed by atoms with Gasteiger partial charge in [-0.15, -0.1) is 0 Å². The Morgan fingerprint density at radius 3 is 2.15 bits per heavy atom. The van der Waals surface area contributed by atoms with E-state index < -0.39 is 21.1 Å². The molecule has 0 fully saturated rings. The van der Waals surface area contributed by atoms with E-state index in [1.807, 2.05) is 0 Å². The van der Waals surface area contributed by atoms with Crippen LogP contribution >= 0.6 is 0 Å². The smallest absolute Gasteiger partial charge is 0.314 e. The van der Waals surface area contributed by atoms with Crippen molar-refractivity contribution in [3.8, 4) is 11.5 Å². The molecule has 142 valence electrons. The number of ether oxygens (including phenoxy) is 2. The molecule has 1 aromatic heterocycles. The number of sulfonamides is 1. The number of aryl methyl sites for hydroxylation is 1. The van der Waals surface area contributed by atoms with Gasteiger partial charge in [0, 0.05) is 6.07 Å². The Hall–Kier alpha value is -3.27. The van der Waals surface area contributed by atoms with Gasteiger partial charge in [0.1, 0.15) is 11.5 Å². The zero-order valence-corrected chi connectivity index (χ0v) is 15.6. The Bertz CT molecular complexity index is 1240. The van der Waals surface area contributed by atoms with E-state index >= 15 is 0 Å². The van der Waals surface area contributed by atoms with Crippen LogP contribution in [0.15, 0.2) is 44.8 Å². The lowest BCUT2D eigenvalue weighted by Crippen LogP contribution is -2.29. The van der Waals surface area contributed by atoms with Gasteiger partial charge >= 0.3 is 11.1 Å². The van der Waals surface area contributed by atoms with Gasteiger partial charge in [0.25, 0.3) is 10.0 Å². The van der Waals surface area contributed by atoms with E-state index in [1.54, 1.807) is 19.1 Å². The van der Waals surface area contributed by atoms with Crippen molar-refractivity contribution in [3.63, 3.8) is 0 Å². The zero-order chi connectivity index (χ0) is 19.8. The largest absolute Gasteiger partial charge is 0.497 e. The standard InChI is InChI=1S/C17H17N3O6S/c1-9-6-11-12(19-17(22)16(21)18-11)8-15(9)27(23,24)20-13-7-10(25-2)4-5-14(13)26-3/h4-8,20H,1-3H3,(H,18,21)(H,19,22). The fourth-order valence-corrected chi connectivity index (χ4v) is 3.95. The molecule has 9 nitrogen and oxygen atoms in total. The Labute approximate surface area is 154 Å². The van der Waals surface area contributed by atoms with E-state index in [-0.39, 0.29) is 16.1 Å². The summed E-state index contributed by atoms with van der Waals surface area (Å²) in [5, 5.41) is 0. The number of anilines is 1. The molecule has 1 heterocycles. The average Bonchev–Trinajstić information content (AvgIpc) is 2.62.